The van der Waals surface area contributed by atoms with Gasteiger partial charge in [-0.25, -0.2) is 18.1 Å². The zero-order valence-electron chi connectivity index (χ0n) is 12.1. The first kappa shape index (κ1) is 15.7. The van der Waals surface area contributed by atoms with E-state index < -0.39 is 10.0 Å². The van der Waals surface area contributed by atoms with Crippen LogP contribution in [0.15, 0.2) is 28.5 Å². The quantitative estimate of drug-likeness (QED) is 0.814. The van der Waals surface area contributed by atoms with Gasteiger partial charge in [0.2, 0.25) is 10.0 Å². The Labute approximate surface area is 128 Å². The number of aryl methyl sites for hydroxylation is 1. The second-order valence-electron chi connectivity index (χ2n) is 4.64. The van der Waals surface area contributed by atoms with Crippen molar-refractivity contribution >= 4 is 32.7 Å². The summed E-state index contributed by atoms with van der Waals surface area (Å²) in [6, 6.07) is 4.91. The molecule has 21 heavy (non-hydrogen) atoms. The molecular weight excluding hydrogens is 308 g/mol. The van der Waals surface area contributed by atoms with Crippen LogP contribution in [0.4, 0.5) is 11.4 Å². The van der Waals surface area contributed by atoms with Crippen LogP contribution in [0.2, 0.25) is 0 Å². The minimum atomic E-state index is -3.53. The normalized spacial score (nSPS) is 11.6. The first-order valence-electron chi connectivity index (χ1n) is 6.28. The first-order chi connectivity index (χ1) is 9.83. The van der Waals surface area contributed by atoms with Gasteiger partial charge in [0.05, 0.1) is 22.9 Å². The summed E-state index contributed by atoms with van der Waals surface area (Å²) in [5, 5.41) is 3.03. The van der Waals surface area contributed by atoms with Crippen LogP contribution in [-0.2, 0) is 16.6 Å². The highest BCUT2D eigenvalue weighted by Crippen LogP contribution is 2.25. The number of rotatable bonds is 5. The van der Waals surface area contributed by atoms with Crippen LogP contribution in [0.3, 0.4) is 0 Å². The molecule has 0 atom stereocenters. The maximum absolute atomic E-state index is 11.8. The molecule has 0 fully saturated rings. The lowest BCUT2D eigenvalue weighted by Crippen LogP contribution is -2.21. The molecule has 1 heterocycles. The Morgan fingerprint density at radius 2 is 2.14 bits per heavy atom. The molecule has 6 nitrogen and oxygen atoms in total. The number of benzene rings is 1. The number of nitrogens with two attached hydrogens (primary N) is 1. The number of hydrogen-bond acceptors (Lipinski definition) is 6. The van der Waals surface area contributed by atoms with Gasteiger partial charge in [0, 0.05) is 18.1 Å². The summed E-state index contributed by atoms with van der Waals surface area (Å²) in [6.45, 7) is 2.60. The Balaban J connectivity index is 2.23. The van der Waals surface area contributed by atoms with Crippen LogP contribution in [0.25, 0.3) is 0 Å². The average Bonchev–Trinajstić information content (AvgIpc) is 2.83. The molecule has 114 valence electrons. The molecule has 0 aliphatic heterocycles. The standard InChI is InChI=1S/C13H18N4O2S2/c1-9-16-10(8-20-9)7-17(3)11-4-5-13(12(14)6-11)21(18,19)15-2/h4-6,8,15H,7,14H2,1-3H3. The molecule has 0 saturated carbocycles. The highest BCUT2D eigenvalue weighted by atomic mass is 32.2. The smallest absolute Gasteiger partial charge is 0.242 e. The average molecular weight is 326 g/mol. The van der Waals surface area contributed by atoms with Crippen LogP contribution in [0.5, 0.6) is 0 Å². The summed E-state index contributed by atoms with van der Waals surface area (Å²) in [5.41, 5.74) is 7.90. The molecular formula is C13H18N4O2S2. The fourth-order valence-electron chi connectivity index (χ4n) is 1.94. The molecule has 1 aromatic heterocycles. The number of sulfonamides is 1. The van der Waals surface area contributed by atoms with E-state index >= 15 is 0 Å². The summed E-state index contributed by atoms with van der Waals surface area (Å²) >= 11 is 1.60. The molecule has 0 aliphatic carbocycles. The Morgan fingerprint density at radius 3 is 2.67 bits per heavy atom. The van der Waals surface area contributed by atoms with E-state index in [0.29, 0.717) is 6.54 Å². The van der Waals surface area contributed by atoms with E-state index in [-0.39, 0.29) is 10.6 Å². The maximum Gasteiger partial charge on any atom is 0.242 e. The highest BCUT2D eigenvalue weighted by molar-refractivity contribution is 7.89. The number of hydrogen-bond donors (Lipinski definition) is 2. The van der Waals surface area contributed by atoms with Crippen molar-refractivity contribution in [3.05, 3.63) is 34.3 Å². The second kappa shape index (κ2) is 6.00. The maximum atomic E-state index is 11.8. The molecule has 2 aromatic rings. The second-order valence-corrected chi connectivity index (χ2v) is 7.56. The van der Waals surface area contributed by atoms with Gasteiger partial charge in [-0.15, -0.1) is 11.3 Å². The molecule has 0 aliphatic rings. The Hall–Kier alpha value is -1.64. The number of anilines is 2. The summed E-state index contributed by atoms with van der Waals surface area (Å²) in [5.74, 6) is 0. The van der Waals surface area contributed by atoms with Crippen molar-refractivity contribution in [3.8, 4) is 0 Å². The van der Waals surface area contributed by atoms with Crippen molar-refractivity contribution in [2.75, 3.05) is 24.7 Å². The fraction of sp³-hybridized carbons (Fsp3) is 0.308. The molecule has 8 heteroatoms. The lowest BCUT2D eigenvalue weighted by molar-refractivity contribution is 0.588. The zero-order valence-corrected chi connectivity index (χ0v) is 13.8. The Kier molecular flexibility index (Phi) is 4.50. The SMILES string of the molecule is CNS(=O)(=O)c1ccc(N(C)Cc2csc(C)n2)cc1N. The summed E-state index contributed by atoms with van der Waals surface area (Å²) in [4.78, 5) is 6.47. The number of thiazole rings is 1. The zero-order chi connectivity index (χ0) is 15.6. The number of aromatic nitrogens is 1. The monoisotopic (exact) mass is 326 g/mol. The van der Waals surface area contributed by atoms with Crippen molar-refractivity contribution in [2.45, 2.75) is 18.4 Å². The number of nitrogens with one attached hydrogen (secondary N) is 1. The predicted octanol–water partition coefficient (Wildman–Crippen LogP) is 1.58. The minimum Gasteiger partial charge on any atom is -0.398 e. The van der Waals surface area contributed by atoms with Gasteiger partial charge in [0.25, 0.3) is 0 Å². The highest BCUT2D eigenvalue weighted by Gasteiger charge is 2.16. The lowest BCUT2D eigenvalue weighted by atomic mass is 10.2. The van der Waals surface area contributed by atoms with Crippen molar-refractivity contribution in [1.29, 1.82) is 0 Å². The third kappa shape index (κ3) is 3.52. The fourth-order valence-corrected chi connectivity index (χ4v) is 3.38. The van der Waals surface area contributed by atoms with Gasteiger partial charge in [0.15, 0.2) is 0 Å². The van der Waals surface area contributed by atoms with Crippen LogP contribution < -0.4 is 15.4 Å². The molecule has 0 saturated heterocycles. The summed E-state index contributed by atoms with van der Waals surface area (Å²) in [7, 11) is -0.258. The molecule has 1 aromatic carbocycles. The van der Waals surface area contributed by atoms with Gasteiger partial charge in [-0.1, -0.05) is 0 Å². The van der Waals surface area contributed by atoms with Gasteiger partial charge in [0.1, 0.15) is 4.90 Å². The van der Waals surface area contributed by atoms with Crippen LogP contribution in [0, 0.1) is 6.92 Å². The van der Waals surface area contributed by atoms with Gasteiger partial charge in [-0.05, 0) is 32.2 Å². The third-order valence-electron chi connectivity index (χ3n) is 3.06. The first-order valence-corrected chi connectivity index (χ1v) is 8.65. The molecule has 0 amide bonds. The van der Waals surface area contributed by atoms with Crippen LogP contribution in [-0.4, -0.2) is 27.5 Å². The van der Waals surface area contributed by atoms with Crippen molar-refractivity contribution in [1.82, 2.24) is 9.71 Å². The van der Waals surface area contributed by atoms with Crippen molar-refractivity contribution in [3.63, 3.8) is 0 Å². The van der Waals surface area contributed by atoms with E-state index in [2.05, 4.69) is 9.71 Å². The van der Waals surface area contributed by atoms with Crippen molar-refractivity contribution < 1.29 is 8.42 Å². The topological polar surface area (TPSA) is 88.3 Å². The van der Waals surface area contributed by atoms with E-state index in [4.69, 9.17) is 5.73 Å². The predicted molar refractivity (Wildman–Crippen MR) is 86.1 cm³/mol. The lowest BCUT2D eigenvalue weighted by Gasteiger charge is -2.19. The summed E-state index contributed by atoms with van der Waals surface area (Å²) < 4.78 is 25.8. The molecule has 3 N–H and O–H groups in total. The molecule has 0 radical (unpaired) electrons. The van der Waals surface area contributed by atoms with Crippen LogP contribution >= 0.6 is 11.3 Å². The minimum absolute atomic E-state index is 0.0895. The summed E-state index contributed by atoms with van der Waals surface area (Å²) in [6.07, 6.45) is 0. The van der Waals surface area contributed by atoms with E-state index in [1.807, 2.05) is 24.3 Å². The van der Waals surface area contributed by atoms with Gasteiger partial charge < -0.3 is 10.6 Å². The van der Waals surface area contributed by atoms with E-state index in [0.717, 1.165) is 16.4 Å². The van der Waals surface area contributed by atoms with E-state index in [9.17, 15) is 8.42 Å². The molecule has 0 unspecified atom stereocenters. The van der Waals surface area contributed by atoms with E-state index in [1.54, 1.807) is 23.5 Å². The van der Waals surface area contributed by atoms with Gasteiger partial charge in [-0.2, -0.15) is 0 Å². The largest absolute Gasteiger partial charge is 0.398 e. The van der Waals surface area contributed by atoms with Gasteiger partial charge >= 0.3 is 0 Å². The Morgan fingerprint density at radius 1 is 1.43 bits per heavy atom. The molecule has 0 bridgehead atoms. The van der Waals surface area contributed by atoms with Crippen molar-refractivity contribution in [2.24, 2.45) is 0 Å². The number of nitrogens with zero attached hydrogens (tertiary/aromatic N) is 2. The van der Waals surface area contributed by atoms with E-state index in [1.165, 1.54) is 13.1 Å². The molecule has 0 spiro atoms. The third-order valence-corrected chi connectivity index (χ3v) is 5.37. The van der Waals surface area contributed by atoms with Gasteiger partial charge in [-0.3, -0.25) is 0 Å². The Bertz CT molecular complexity index is 740. The number of nitrogen functional groups attached to an aromatic ring is 1. The van der Waals surface area contributed by atoms with Crippen LogP contribution in [0.1, 0.15) is 10.7 Å². The molecule has 2 rings (SSSR count).